The van der Waals surface area contributed by atoms with Crippen molar-refractivity contribution in [3.05, 3.63) is 62.0 Å². The number of hydrogen-bond acceptors (Lipinski definition) is 1. The average molecular weight is 381 g/mol. The summed E-state index contributed by atoms with van der Waals surface area (Å²) in [7, 11) is 0. The van der Waals surface area contributed by atoms with Gasteiger partial charge in [-0.3, -0.25) is 0 Å². The molecule has 2 aromatic carbocycles. The Hall–Kier alpha value is -0.800. The molecule has 0 spiro atoms. The van der Waals surface area contributed by atoms with E-state index in [1.807, 2.05) is 0 Å². The van der Waals surface area contributed by atoms with Crippen molar-refractivity contribution in [3.8, 4) is 0 Å². The molecule has 0 heterocycles. The van der Waals surface area contributed by atoms with E-state index in [1.54, 1.807) is 0 Å². The van der Waals surface area contributed by atoms with E-state index in [9.17, 15) is 0 Å². The second kappa shape index (κ2) is 5.29. The normalized spacial score (nSPS) is 17.3. The number of halogens is 2. The van der Waals surface area contributed by atoms with Crippen LogP contribution < -0.4 is 5.32 Å². The standard InChI is InChI=1S/C16H15Br2N/c1-10-2-4-13(18)9-16(10)19-15-7-3-11-8-12(17)5-6-14(11)15/h2,4-6,8-9,15,19H,3,7H2,1H3. The molecule has 0 fully saturated rings. The van der Waals surface area contributed by atoms with E-state index in [0.717, 1.165) is 17.3 Å². The summed E-state index contributed by atoms with van der Waals surface area (Å²) in [5.74, 6) is 0. The van der Waals surface area contributed by atoms with Crippen molar-refractivity contribution in [2.45, 2.75) is 25.8 Å². The second-order valence-electron chi connectivity index (χ2n) is 5.04. The van der Waals surface area contributed by atoms with Crippen LogP contribution in [0.1, 0.15) is 29.2 Å². The number of aryl methyl sites for hydroxylation is 2. The highest BCUT2D eigenvalue weighted by molar-refractivity contribution is 9.10. The van der Waals surface area contributed by atoms with Crippen LogP contribution in [0.15, 0.2) is 45.3 Å². The minimum absolute atomic E-state index is 0.427. The van der Waals surface area contributed by atoms with Crippen LogP contribution in [0.2, 0.25) is 0 Å². The molecule has 2 aromatic rings. The molecule has 0 aliphatic heterocycles. The molecular weight excluding hydrogens is 366 g/mol. The van der Waals surface area contributed by atoms with Crippen LogP contribution in [0, 0.1) is 6.92 Å². The zero-order valence-corrected chi connectivity index (χ0v) is 13.9. The Balaban J connectivity index is 1.88. The molecule has 1 aliphatic rings. The van der Waals surface area contributed by atoms with Gasteiger partial charge in [0.15, 0.2) is 0 Å². The third-order valence-corrected chi connectivity index (χ3v) is 4.70. The molecule has 1 atom stereocenters. The van der Waals surface area contributed by atoms with Gasteiger partial charge in [-0.05, 0) is 60.7 Å². The summed E-state index contributed by atoms with van der Waals surface area (Å²) in [5, 5.41) is 3.68. The molecule has 19 heavy (non-hydrogen) atoms. The van der Waals surface area contributed by atoms with E-state index in [1.165, 1.54) is 26.9 Å². The maximum Gasteiger partial charge on any atom is 0.0519 e. The van der Waals surface area contributed by atoms with Gasteiger partial charge in [0.1, 0.15) is 0 Å². The zero-order valence-electron chi connectivity index (χ0n) is 10.7. The van der Waals surface area contributed by atoms with Gasteiger partial charge in [-0.1, -0.05) is 44.0 Å². The number of anilines is 1. The lowest BCUT2D eigenvalue weighted by molar-refractivity contribution is 0.761. The largest absolute Gasteiger partial charge is 0.378 e. The maximum atomic E-state index is 3.68. The molecule has 1 aliphatic carbocycles. The van der Waals surface area contributed by atoms with Crippen molar-refractivity contribution in [1.82, 2.24) is 0 Å². The summed E-state index contributed by atoms with van der Waals surface area (Å²) in [6, 6.07) is 13.4. The molecule has 1 unspecified atom stereocenters. The molecule has 3 heteroatoms. The van der Waals surface area contributed by atoms with Gasteiger partial charge < -0.3 is 5.32 Å². The number of benzene rings is 2. The average Bonchev–Trinajstić information content (AvgIpc) is 2.76. The molecule has 0 radical (unpaired) electrons. The van der Waals surface area contributed by atoms with Crippen molar-refractivity contribution in [2.75, 3.05) is 5.32 Å². The smallest absolute Gasteiger partial charge is 0.0519 e. The van der Waals surface area contributed by atoms with Gasteiger partial charge in [0.25, 0.3) is 0 Å². The van der Waals surface area contributed by atoms with Crippen molar-refractivity contribution in [3.63, 3.8) is 0 Å². The summed E-state index contributed by atoms with van der Waals surface area (Å²) in [6.07, 6.45) is 2.32. The van der Waals surface area contributed by atoms with Crippen LogP contribution in [-0.2, 0) is 6.42 Å². The van der Waals surface area contributed by atoms with Crippen molar-refractivity contribution >= 4 is 37.5 Å². The van der Waals surface area contributed by atoms with Crippen LogP contribution in [-0.4, -0.2) is 0 Å². The van der Waals surface area contributed by atoms with E-state index in [2.05, 4.69) is 80.5 Å². The summed E-state index contributed by atoms with van der Waals surface area (Å²) in [4.78, 5) is 0. The third-order valence-electron chi connectivity index (χ3n) is 3.71. The van der Waals surface area contributed by atoms with Crippen LogP contribution in [0.3, 0.4) is 0 Å². The highest BCUT2D eigenvalue weighted by atomic mass is 79.9. The fourth-order valence-electron chi connectivity index (χ4n) is 2.67. The molecule has 1 N–H and O–H groups in total. The number of fused-ring (bicyclic) bond motifs is 1. The van der Waals surface area contributed by atoms with Crippen LogP contribution in [0.5, 0.6) is 0 Å². The first-order chi connectivity index (χ1) is 9.13. The Labute approximate surface area is 130 Å². The molecule has 0 saturated heterocycles. The lowest BCUT2D eigenvalue weighted by Gasteiger charge is -2.17. The molecule has 0 saturated carbocycles. The lowest BCUT2D eigenvalue weighted by Crippen LogP contribution is -2.08. The Morgan fingerprint density at radius 2 is 1.79 bits per heavy atom. The van der Waals surface area contributed by atoms with E-state index < -0.39 is 0 Å². The first-order valence-electron chi connectivity index (χ1n) is 6.44. The Kier molecular flexibility index (Phi) is 3.68. The Morgan fingerprint density at radius 3 is 2.63 bits per heavy atom. The summed E-state index contributed by atoms with van der Waals surface area (Å²) in [5.41, 5.74) is 5.39. The van der Waals surface area contributed by atoms with Gasteiger partial charge >= 0.3 is 0 Å². The lowest BCUT2D eigenvalue weighted by atomic mass is 10.1. The fourth-order valence-corrected chi connectivity index (χ4v) is 3.44. The Morgan fingerprint density at radius 1 is 1.05 bits per heavy atom. The predicted molar refractivity (Wildman–Crippen MR) is 87.7 cm³/mol. The maximum absolute atomic E-state index is 3.68. The number of nitrogens with one attached hydrogen (secondary N) is 1. The van der Waals surface area contributed by atoms with E-state index in [-0.39, 0.29) is 0 Å². The highest BCUT2D eigenvalue weighted by Gasteiger charge is 2.22. The molecule has 98 valence electrons. The highest BCUT2D eigenvalue weighted by Crippen LogP contribution is 2.36. The summed E-state index contributed by atoms with van der Waals surface area (Å²) in [6.45, 7) is 2.15. The first-order valence-corrected chi connectivity index (χ1v) is 8.03. The summed E-state index contributed by atoms with van der Waals surface area (Å²) >= 11 is 7.09. The monoisotopic (exact) mass is 379 g/mol. The first kappa shape index (κ1) is 13.2. The van der Waals surface area contributed by atoms with Gasteiger partial charge in [-0.2, -0.15) is 0 Å². The number of hydrogen-bond donors (Lipinski definition) is 1. The SMILES string of the molecule is Cc1ccc(Br)cc1NC1CCc2cc(Br)ccc21. The molecular formula is C16H15Br2N. The van der Waals surface area contributed by atoms with E-state index in [4.69, 9.17) is 0 Å². The second-order valence-corrected chi connectivity index (χ2v) is 6.87. The van der Waals surface area contributed by atoms with E-state index >= 15 is 0 Å². The minimum atomic E-state index is 0.427. The van der Waals surface area contributed by atoms with Gasteiger partial charge in [0, 0.05) is 14.6 Å². The third kappa shape index (κ3) is 2.72. The topological polar surface area (TPSA) is 12.0 Å². The zero-order chi connectivity index (χ0) is 13.4. The summed E-state index contributed by atoms with van der Waals surface area (Å²) < 4.78 is 2.29. The quantitative estimate of drug-likeness (QED) is 0.712. The molecule has 0 bridgehead atoms. The molecule has 0 amide bonds. The van der Waals surface area contributed by atoms with Crippen LogP contribution in [0.4, 0.5) is 5.69 Å². The van der Waals surface area contributed by atoms with E-state index in [0.29, 0.717) is 6.04 Å². The Bertz CT molecular complexity index is 622. The van der Waals surface area contributed by atoms with Crippen molar-refractivity contribution in [1.29, 1.82) is 0 Å². The molecule has 0 aromatic heterocycles. The molecule has 3 rings (SSSR count). The minimum Gasteiger partial charge on any atom is -0.378 e. The molecule has 1 nitrogen and oxygen atoms in total. The van der Waals surface area contributed by atoms with Crippen LogP contribution in [0.25, 0.3) is 0 Å². The van der Waals surface area contributed by atoms with Crippen LogP contribution >= 0.6 is 31.9 Å². The van der Waals surface area contributed by atoms with Gasteiger partial charge in [0.2, 0.25) is 0 Å². The predicted octanol–water partition coefficient (Wildman–Crippen LogP) is 5.62. The van der Waals surface area contributed by atoms with Gasteiger partial charge in [0.05, 0.1) is 6.04 Å². The number of rotatable bonds is 2. The fraction of sp³-hybridized carbons (Fsp3) is 0.250. The van der Waals surface area contributed by atoms with Crippen molar-refractivity contribution in [2.24, 2.45) is 0 Å². The van der Waals surface area contributed by atoms with Crippen molar-refractivity contribution < 1.29 is 0 Å². The van der Waals surface area contributed by atoms with Gasteiger partial charge in [-0.15, -0.1) is 0 Å². The van der Waals surface area contributed by atoms with Gasteiger partial charge in [-0.25, -0.2) is 0 Å².